The molecule has 2 N–H and O–H groups in total. The van der Waals surface area contributed by atoms with Crippen LogP contribution in [-0.2, 0) is 4.79 Å². The lowest BCUT2D eigenvalue weighted by Gasteiger charge is -2.06. The molecule has 0 saturated carbocycles. The van der Waals surface area contributed by atoms with Crippen molar-refractivity contribution in [1.29, 1.82) is 0 Å². The number of carbonyl (C=O) groups is 1. The zero-order chi connectivity index (χ0) is 16.9. The van der Waals surface area contributed by atoms with Gasteiger partial charge in [0.2, 0.25) is 5.91 Å². The van der Waals surface area contributed by atoms with E-state index in [1.54, 1.807) is 11.3 Å². The molecule has 0 aliphatic rings. The Morgan fingerprint density at radius 3 is 2.38 bits per heavy atom. The summed E-state index contributed by atoms with van der Waals surface area (Å²) in [4.78, 5) is 16.0. The molecule has 0 fully saturated rings. The van der Waals surface area contributed by atoms with Crippen molar-refractivity contribution in [2.75, 3.05) is 10.6 Å². The van der Waals surface area contributed by atoms with Gasteiger partial charge in [-0.3, -0.25) is 4.79 Å². The Kier molecular flexibility index (Phi) is 4.91. The van der Waals surface area contributed by atoms with Crippen LogP contribution >= 0.6 is 11.3 Å². The van der Waals surface area contributed by atoms with Crippen LogP contribution in [0.25, 0.3) is 11.3 Å². The van der Waals surface area contributed by atoms with E-state index in [-0.39, 0.29) is 5.91 Å². The van der Waals surface area contributed by atoms with Crippen LogP contribution in [0.5, 0.6) is 0 Å². The van der Waals surface area contributed by atoms with Crippen molar-refractivity contribution < 1.29 is 4.79 Å². The smallest absolute Gasteiger partial charge is 0.224 e. The maximum Gasteiger partial charge on any atom is 0.224 e. The van der Waals surface area contributed by atoms with Crippen LogP contribution < -0.4 is 10.6 Å². The fourth-order valence-electron chi connectivity index (χ4n) is 2.20. The van der Waals surface area contributed by atoms with Crippen molar-refractivity contribution in [3.05, 3.63) is 59.5 Å². The van der Waals surface area contributed by atoms with E-state index in [1.807, 2.05) is 36.6 Å². The summed E-state index contributed by atoms with van der Waals surface area (Å²) in [6.07, 6.45) is 0.473. The second-order valence-corrected chi connectivity index (χ2v) is 6.37. The van der Waals surface area contributed by atoms with Crippen LogP contribution in [0, 0.1) is 6.92 Å². The first-order valence-electron chi connectivity index (χ1n) is 7.83. The maximum absolute atomic E-state index is 11.4. The van der Waals surface area contributed by atoms with Crippen LogP contribution in [0.15, 0.2) is 53.9 Å². The highest BCUT2D eigenvalue weighted by atomic mass is 32.1. The third-order valence-corrected chi connectivity index (χ3v) is 4.35. The van der Waals surface area contributed by atoms with Gasteiger partial charge in [0.1, 0.15) is 0 Å². The Balaban J connectivity index is 1.68. The van der Waals surface area contributed by atoms with E-state index in [0.717, 1.165) is 27.8 Å². The van der Waals surface area contributed by atoms with Crippen molar-refractivity contribution in [3.8, 4) is 11.3 Å². The number of hydrogen-bond acceptors (Lipinski definition) is 4. The molecule has 0 radical (unpaired) electrons. The van der Waals surface area contributed by atoms with Gasteiger partial charge in [-0.2, -0.15) is 0 Å². The molecule has 0 aliphatic carbocycles. The van der Waals surface area contributed by atoms with Gasteiger partial charge in [0, 0.05) is 28.7 Å². The fraction of sp³-hybridized carbons (Fsp3) is 0.158. The Morgan fingerprint density at radius 2 is 1.71 bits per heavy atom. The molecule has 0 aliphatic heterocycles. The predicted molar refractivity (Wildman–Crippen MR) is 101 cm³/mol. The van der Waals surface area contributed by atoms with Gasteiger partial charge in [0.15, 0.2) is 5.13 Å². The lowest BCUT2D eigenvalue weighted by molar-refractivity contribution is -0.115. The molecule has 1 aromatic heterocycles. The summed E-state index contributed by atoms with van der Waals surface area (Å²) in [6, 6.07) is 16.0. The summed E-state index contributed by atoms with van der Waals surface area (Å²) in [7, 11) is 0. The molecule has 0 spiro atoms. The number of rotatable bonds is 5. The van der Waals surface area contributed by atoms with E-state index in [1.165, 1.54) is 5.56 Å². The van der Waals surface area contributed by atoms with Crippen molar-refractivity contribution >= 4 is 33.8 Å². The summed E-state index contributed by atoms with van der Waals surface area (Å²) in [5, 5.41) is 9.02. The normalized spacial score (nSPS) is 10.4. The standard InChI is InChI=1S/C19H19N3OS/c1-3-18(23)20-15-8-10-16(11-9-15)21-19-22-17(12-24-19)14-6-4-13(2)5-7-14/h4-12H,3H2,1-2H3,(H,20,23)(H,21,22). The molecule has 0 saturated heterocycles. The summed E-state index contributed by atoms with van der Waals surface area (Å²) < 4.78 is 0. The topological polar surface area (TPSA) is 54.0 Å². The number of nitrogens with one attached hydrogen (secondary N) is 2. The Bertz CT molecular complexity index is 823. The molecule has 1 amide bonds. The van der Waals surface area contributed by atoms with Crippen molar-refractivity contribution in [1.82, 2.24) is 4.98 Å². The van der Waals surface area contributed by atoms with Crippen molar-refractivity contribution in [2.45, 2.75) is 20.3 Å². The van der Waals surface area contributed by atoms with Crippen molar-refractivity contribution in [2.24, 2.45) is 0 Å². The first kappa shape index (κ1) is 16.2. The molecule has 4 nitrogen and oxygen atoms in total. The second-order valence-electron chi connectivity index (χ2n) is 5.51. The molecular formula is C19H19N3OS. The summed E-state index contributed by atoms with van der Waals surface area (Å²) >= 11 is 1.57. The van der Waals surface area contributed by atoms with Gasteiger partial charge >= 0.3 is 0 Å². The van der Waals surface area contributed by atoms with Crippen LogP contribution in [-0.4, -0.2) is 10.9 Å². The Hall–Kier alpha value is -2.66. The summed E-state index contributed by atoms with van der Waals surface area (Å²) in [5.74, 6) is 0.0124. The third-order valence-electron chi connectivity index (χ3n) is 3.59. The number of carbonyl (C=O) groups excluding carboxylic acids is 1. The molecule has 3 aromatic rings. The van der Waals surface area contributed by atoms with Crippen LogP contribution in [0.2, 0.25) is 0 Å². The van der Waals surface area contributed by atoms with Gasteiger partial charge in [-0.15, -0.1) is 11.3 Å². The summed E-state index contributed by atoms with van der Waals surface area (Å²) in [5.41, 5.74) is 5.06. The molecule has 24 heavy (non-hydrogen) atoms. The summed E-state index contributed by atoms with van der Waals surface area (Å²) in [6.45, 7) is 3.91. The van der Waals surface area contributed by atoms with Gasteiger partial charge in [-0.25, -0.2) is 4.98 Å². The zero-order valence-corrected chi connectivity index (χ0v) is 14.5. The molecule has 3 rings (SSSR count). The van der Waals surface area contributed by atoms with Gasteiger partial charge in [0.25, 0.3) is 0 Å². The minimum absolute atomic E-state index is 0.0124. The van der Waals surface area contributed by atoms with Crippen LogP contribution in [0.1, 0.15) is 18.9 Å². The van der Waals surface area contributed by atoms with Gasteiger partial charge in [-0.05, 0) is 31.2 Å². The van der Waals surface area contributed by atoms with E-state index >= 15 is 0 Å². The Labute approximate surface area is 145 Å². The molecule has 0 unspecified atom stereocenters. The van der Waals surface area contributed by atoms with Gasteiger partial charge in [0.05, 0.1) is 5.69 Å². The SMILES string of the molecule is CCC(=O)Nc1ccc(Nc2nc(-c3ccc(C)cc3)cs2)cc1. The van der Waals surface area contributed by atoms with E-state index in [0.29, 0.717) is 6.42 Å². The highest BCUT2D eigenvalue weighted by Gasteiger charge is 2.05. The average molecular weight is 337 g/mol. The zero-order valence-electron chi connectivity index (χ0n) is 13.7. The number of amides is 1. The van der Waals surface area contributed by atoms with E-state index in [4.69, 9.17) is 0 Å². The molecule has 0 atom stereocenters. The largest absolute Gasteiger partial charge is 0.332 e. The van der Waals surface area contributed by atoms with E-state index in [9.17, 15) is 4.79 Å². The van der Waals surface area contributed by atoms with E-state index in [2.05, 4.69) is 46.8 Å². The van der Waals surface area contributed by atoms with Crippen LogP contribution in [0.4, 0.5) is 16.5 Å². The molecule has 0 bridgehead atoms. The predicted octanol–water partition coefficient (Wildman–Crippen LogP) is 5.21. The number of anilines is 3. The first-order valence-corrected chi connectivity index (χ1v) is 8.71. The minimum Gasteiger partial charge on any atom is -0.332 e. The molecular weight excluding hydrogens is 318 g/mol. The molecule has 122 valence electrons. The Morgan fingerprint density at radius 1 is 1.04 bits per heavy atom. The van der Waals surface area contributed by atoms with Gasteiger partial charge in [-0.1, -0.05) is 36.8 Å². The quantitative estimate of drug-likeness (QED) is 0.672. The number of hydrogen-bond donors (Lipinski definition) is 2. The van der Waals surface area contributed by atoms with E-state index < -0.39 is 0 Å². The molecule has 1 heterocycles. The highest BCUT2D eigenvalue weighted by molar-refractivity contribution is 7.14. The second kappa shape index (κ2) is 7.27. The monoisotopic (exact) mass is 337 g/mol. The fourth-order valence-corrected chi connectivity index (χ4v) is 2.94. The first-order chi connectivity index (χ1) is 11.6. The third kappa shape index (κ3) is 4.00. The van der Waals surface area contributed by atoms with Gasteiger partial charge < -0.3 is 10.6 Å². The number of nitrogens with zero attached hydrogens (tertiary/aromatic N) is 1. The van der Waals surface area contributed by atoms with Crippen LogP contribution in [0.3, 0.4) is 0 Å². The maximum atomic E-state index is 11.4. The molecule has 2 aromatic carbocycles. The minimum atomic E-state index is 0.0124. The lowest BCUT2D eigenvalue weighted by atomic mass is 10.1. The highest BCUT2D eigenvalue weighted by Crippen LogP contribution is 2.27. The average Bonchev–Trinajstić information content (AvgIpc) is 3.05. The number of thiazole rings is 1. The molecule has 5 heteroatoms. The number of aryl methyl sites for hydroxylation is 1. The number of benzene rings is 2. The number of aromatic nitrogens is 1. The van der Waals surface area contributed by atoms with Crippen molar-refractivity contribution in [3.63, 3.8) is 0 Å². The lowest BCUT2D eigenvalue weighted by Crippen LogP contribution is -2.09.